The van der Waals surface area contributed by atoms with E-state index in [0.717, 1.165) is 0 Å². The van der Waals surface area contributed by atoms with Crippen LogP contribution in [0.1, 0.15) is 16.2 Å². The molecule has 0 aliphatic heterocycles. The summed E-state index contributed by atoms with van der Waals surface area (Å²) in [6.45, 7) is 0. The van der Waals surface area contributed by atoms with Gasteiger partial charge in [-0.2, -0.15) is 0 Å². The summed E-state index contributed by atoms with van der Waals surface area (Å²) in [6, 6.07) is 3.31. The minimum absolute atomic E-state index is 0.215. The molecule has 2 rings (SSSR count). The molecule has 15 heavy (non-hydrogen) atoms. The van der Waals surface area contributed by atoms with Crippen LogP contribution >= 0.6 is 0 Å². The maximum atomic E-state index is 11.9. The van der Waals surface area contributed by atoms with E-state index >= 15 is 0 Å². The van der Waals surface area contributed by atoms with E-state index in [4.69, 9.17) is 5.73 Å². The van der Waals surface area contributed by atoms with E-state index in [0.29, 0.717) is 11.4 Å². The van der Waals surface area contributed by atoms with E-state index in [1.54, 1.807) is 42.3 Å². The van der Waals surface area contributed by atoms with Crippen LogP contribution in [0.5, 0.6) is 0 Å². The molecule has 0 fully saturated rings. The third-order valence-electron chi connectivity index (χ3n) is 2.11. The largest absolute Gasteiger partial charge is 0.383 e. The minimum atomic E-state index is -0.215. The maximum Gasteiger partial charge on any atom is 0.232 e. The second kappa shape index (κ2) is 3.53. The molecule has 2 aromatic rings. The number of anilines is 1. The summed E-state index contributed by atoms with van der Waals surface area (Å²) in [7, 11) is 1.76. The fourth-order valence-corrected chi connectivity index (χ4v) is 1.31. The van der Waals surface area contributed by atoms with Crippen molar-refractivity contribution in [3.05, 3.63) is 42.1 Å². The number of pyridine rings is 1. The molecule has 2 N–H and O–H groups in total. The third kappa shape index (κ3) is 1.59. The van der Waals surface area contributed by atoms with Gasteiger partial charge < -0.3 is 10.3 Å². The zero-order chi connectivity index (χ0) is 10.8. The number of hydrogen-bond donors (Lipinski definition) is 1. The first-order valence-electron chi connectivity index (χ1n) is 4.42. The number of ketones is 1. The number of rotatable bonds is 2. The summed E-state index contributed by atoms with van der Waals surface area (Å²) in [4.78, 5) is 19.8. The van der Waals surface area contributed by atoms with Crippen molar-refractivity contribution in [1.29, 1.82) is 0 Å². The van der Waals surface area contributed by atoms with Crippen molar-refractivity contribution in [2.24, 2.45) is 7.05 Å². The molecule has 76 valence electrons. The van der Waals surface area contributed by atoms with Crippen molar-refractivity contribution >= 4 is 11.6 Å². The molecule has 0 bridgehead atoms. The molecular formula is C10H10N4O. The molecule has 0 radical (unpaired) electrons. The van der Waals surface area contributed by atoms with Crippen molar-refractivity contribution in [3.8, 4) is 0 Å². The Kier molecular flexibility index (Phi) is 2.21. The average Bonchev–Trinajstić information content (AvgIpc) is 2.64. The number of carbonyl (C=O) groups is 1. The average molecular weight is 202 g/mol. The molecule has 5 heteroatoms. The summed E-state index contributed by atoms with van der Waals surface area (Å²) in [5.41, 5.74) is 5.99. The van der Waals surface area contributed by atoms with E-state index in [2.05, 4.69) is 9.97 Å². The normalized spacial score (nSPS) is 10.2. The van der Waals surface area contributed by atoms with Crippen LogP contribution in [0.25, 0.3) is 0 Å². The van der Waals surface area contributed by atoms with Crippen LogP contribution in [0, 0.1) is 0 Å². The summed E-state index contributed by atoms with van der Waals surface area (Å²) in [5.74, 6) is 0.369. The number of carbonyl (C=O) groups excluding carboxylic acids is 1. The molecule has 5 nitrogen and oxygen atoms in total. The first kappa shape index (κ1) is 9.39. The van der Waals surface area contributed by atoms with Gasteiger partial charge in [0.1, 0.15) is 5.82 Å². The van der Waals surface area contributed by atoms with Gasteiger partial charge in [0.2, 0.25) is 5.78 Å². The minimum Gasteiger partial charge on any atom is -0.383 e. The second-order valence-corrected chi connectivity index (χ2v) is 3.13. The summed E-state index contributed by atoms with van der Waals surface area (Å²) < 4.78 is 1.65. The van der Waals surface area contributed by atoms with Crippen LogP contribution in [-0.4, -0.2) is 20.3 Å². The molecule has 0 unspecified atom stereocenters. The summed E-state index contributed by atoms with van der Waals surface area (Å²) in [6.07, 6.45) is 4.82. The summed E-state index contributed by atoms with van der Waals surface area (Å²) >= 11 is 0. The van der Waals surface area contributed by atoms with Crippen molar-refractivity contribution < 1.29 is 4.79 Å². The van der Waals surface area contributed by atoms with Crippen LogP contribution in [0.15, 0.2) is 30.7 Å². The van der Waals surface area contributed by atoms with Gasteiger partial charge in [-0.15, -0.1) is 0 Å². The van der Waals surface area contributed by atoms with Crippen molar-refractivity contribution in [2.45, 2.75) is 0 Å². The lowest BCUT2D eigenvalue weighted by Crippen LogP contribution is -2.11. The highest BCUT2D eigenvalue weighted by Gasteiger charge is 2.16. The van der Waals surface area contributed by atoms with Gasteiger partial charge in [-0.1, -0.05) is 0 Å². The number of nitrogens with two attached hydrogens (primary N) is 1. The van der Waals surface area contributed by atoms with Crippen molar-refractivity contribution in [3.63, 3.8) is 0 Å². The first-order chi connectivity index (χ1) is 7.20. The monoisotopic (exact) mass is 202 g/mol. The van der Waals surface area contributed by atoms with Gasteiger partial charge in [0, 0.05) is 25.6 Å². The molecule has 2 aromatic heterocycles. The SMILES string of the molecule is Cn1ccnc1C(=O)c1cccnc1N. The van der Waals surface area contributed by atoms with Gasteiger partial charge in [-0.3, -0.25) is 4.79 Å². The molecule has 0 saturated heterocycles. The molecule has 0 aliphatic carbocycles. The Bertz CT molecular complexity index is 504. The number of imidazole rings is 1. The molecule has 0 saturated carbocycles. The van der Waals surface area contributed by atoms with Gasteiger partial charge in [0.25, 0.3) is 0 Å². The Balaban J connectivity index is 2.46. The topological polar surface area (TPSA) is 73.8 Å². The smallest absolute Gasteiger partial charge is 0.232 e. The fraction of sp³-hybridized carbons (Fsp3) is 0.100. The van der Waals surface area contributed by atoms with Crippen LogP contribution in [-0.2, 0) is 7.05 Å². The first-order valence-corrected chi connectivity index (χ1v) is 4.42. The highest BCUT2D eigenvalue weighted by atomic mass is 16.1. The predicted octanol–water partition coefficient (Wildman–Crippen LogP) is 0.628. The van der Waals surface area contributed by atoms with E-state index < -0.39 is 0 Å². The Morgan fingerprint density at radius 2 is 2.20 bits per heavy atom. The zero-order valence-electron chi connectivity index (χ0n) is 8.21. The van der Waals surface area contributed by atoms with Crippen molar-refractivity contribution in [1.82, 2.24) is 14.5 Å². The number of nitrogen functional groups attached to an aromatic ring is 1. The standard InChI is InChI=1S/C10H10N4O/c1-14-6-5-13-10(14)8(15)7-3-2-4-12-9(7)11/h2-6H,1H3,(H2,11,12). The quantitative estimate of drug-likeness (QED) is 0.725. The zero-order valence-corrected chi connectivity index (χ0v) is 8.21. The van der Waals surface area contributed by atoms with Gasteiger partial charge in [-0.05, 0) is 12.1 Å². The van der Waals surface area contributed by atoms with E-state index in [1.165, 1.54) is 0 Å². The molecule has 0 aliphatic rings. The van der Waals surface area contributed by atoms with Crippen LogP contribution < -0.4 is 5.73 Å². The lowest BCUT2D eigenvalue weighted by molar-refractivity contribution is 0.102. The number of aromatic nitrogens is 3. The second-order valence-electron chi connectivity index (χ2n) is 3.13. The predicted molar refractivity (Wildman–Crippen MR) is 55.3 cm³/mol. The van der Waals surface area contributed by atoms with E-state index in [1.807, 2.05) is 0 Å². The van der Waals surface area contributed by atoms with E-state index in [-0.39, 0.29) is 11.6 Å². The molecular weight excluding hydrogens is 192 g/mol. The lowest BCUT2D eigenvalue weighted by Gasteiger charge is -2.02. The Morgan fingerprint density at radius 3 is 2.80 bits per heavy atom. The molecule has 0 spiro atoms. The number of nitrogens with zero attached hydrogens (tertiary/aromatic N) is 3. The number of hydrogen-bond acceptors (Lipinski definition) is 4. The van der Waals surface area contributed by atoms with Crippen LogP contribution in [0.4, 0.5) is 5.82 Å². The highest BCUT2D eigenvalue weighted by Crippen LogP contribution is 2.12. The molecule has 0 atom stereocenters. The molecule has 2 heterocycles. The fourth-order valence-electron chi connectivity index (χ4n) is 1.31. The Labute approximate surface area is 86.6 Å². The van der Waals surface area contributed by atoms with Crippen LogP contribution in [0.2, 0.25) is 0 Å². The number of aryl methyl sites for hydroxylation is 1. The van der Waals surface area contributed by atoms with E-state index in [9.17, 15) is 4.79 Å². The third-order valence-corrected chi connectivity index (χ3v) is 2.11. The highest BCUT2D eigenvalue weighted by molar-refractivity contribution is 6.09. The lowest BCUT2D eigenvalue weighted by atomic mass is 10.1. The van der Waals surface area contributed by atoms with Gasteiger partial charge in [0.05, 0.1) is 5.56 Å². The molecule has 0 aromatic carbocycles. The van der Waals surface area contributed by atoms with Gasteiger partial charge in [-0.25, -0.2) is 9.97 Å². The summed E-state index contributed by atoms with van der Waals surface area (Å²) in [5, 5.41) is 0. The molecule has 0 amide bonds. The van der Waals surface area contributed by atoms with Crippen LogP contribution in [0.3, 0.4) is 0 Å². The van der Waals surface area contributed by atoms with Gasteiger partial charge in [0.15, 0.2) is 5.82 Å². The van der Waals surface area contributed by atoms with Gasteiger partial charge >= 0.3 is 0 Å². The van der Waals surface area contributed by atoms with Crippen molar-refractivity contribution in [2.75, 3.05) is 5.73 Å². The Morgan fingerprint density at radius 1 is 1.40 bits per heavy atom. The Hall–Kier alpha value is -2.17. The maximum absolute atomic E-state index is 11.9.